The number of hydrogen-bond acceptors (Lipinski definition) is 8. The highest BCUT2D eigenvalue weighted by Gasteiger charge is 2.09. The molecule has 0 amide bonds. The van der Waals surface area contributed by atoms with Gasteiger partial charge in [-0.3, -0.25) is 4.55 Å². The second-order valence-corrected chi connectivity index (χ2v) is 10.7. The Bertz CT molecular complexity index is 1220. The van der Waals surface area contributed by atoms with Gasteiger partial charge in [-0.15, -0.1) is 11.3 Å². The molecular formula is C18H25N3O6S3. The van der Waals surface area contributed by atoms with E-state index in [1.165, 1.54) is 20.6 Å². The van der Waals surface area contributed by atoms with Crippen molar-refractivity contribution >= 4 is 47.5 Å². The summed E-state index contributed by atoms with van der Waals surface area (Å²) in [5, 5.41) is 1.21. The smallest absolute Gasteiger partial charge is 0.261 e. The average Bonchev–Trinajstić information content (AvgIpc) is 2.55. The maximum Gasteiger partial charge on any atom is 0.261 e. The van der Waals surface area contributed by atoms with Gasteiger partial charge in [0.2, 0.25) is 5.36 Å². The zero-order chi connectivity index (χ0) is 23.3. The molecule has 9 nitrogen and oxygen atoms in total. The number of rotatable bonds is 1. The second kappa shape index (κ2) is 10.3. The van der Waals surface area contributed by atoms with Crippen LogP contribution in [0.4, 0.5) is 5.69 Å². The highest BCUT2D eigenvalue weighted by Crippen LogP contribution is 2.31. The summed E-state index contributed by atoms with van der Waals surface area (Å²) in [5.74, 6) is 0. The summed E-state index contributed by atoms with van der Waals surface area (Å²) >= 11 is 1.80. The van der Waals surface area contributed by atoms with E-state index in [4.69, 9.17) is 22.5 Å². The monoisotopic (exact) mass is 475 g/mol. The van der Waals surface area contributed by atoms with Crippen LogP contribution in [0.5, 0.6) is 0 Å². The molecule has 1 aromatic carbocycles. The molecule has 1 N–H and O–H groups in total. The van der Waals surface area contributed by atoms with Crippen molar-refractivity contribution in [3.05, 3.63) is 41.8 Å². The van der Waals surface area contributed by atoms with Crippen LogP contribution >= 0.6 is 11.3 Å². The number of fused-ring (bicyclic) bond motifs is 2. The summed E-state index contributed by atoms with van der Waals surface area (Å²) in [7, 11) is 0.657. The van der Waals surface area contributed by atoms with E-state index < -0.39 is 20.2 Å². The number of hydrogen-bond donors (Lipinski definition) is 1. The Morgan fingerprint density at radius 2 is 1.57 bits per heavy atom. The van der Waals surface area contributed by atoms with Gasteiger partial charge in [-0.1, -0.05) is 0 Å². The lowest BCUT2D eigenvalue weighted by Crippen LogP contribution is -2.21. The fourth-order valence-electron chi connectivity index (χ4n) is 2.16. The summed E-state index contributed by atoms with van der Waals surface area (Å²) in [5.41, 5.74) is 3.33. The standard InChI is InChI=1S/C16H18N3S.2CH4O3S/c1-18(2)11-5-7-13-15(9-11)20-16-10-12(19(3)4)6-8-14(16)17-13;2*1-5(2,3)4/h5-10H,1-4H3;2*1H3,(H,2,3,4)/q+1;;/p-1. The largest absolute Gasteiger partial charge is 0.748 e. The van der Waals surface area contributed by atoms with Gasteiger partial charge in [-0.2, -0.15) is 8.42 Å². The van der Waals surface area contributed by atoms with E-state index in [2.05, 4.69) is 74.1 Å². The van der Waals surface area contributed by atoms with E-state index in [-0.39, 0.29) is 0 Å². The van der Waals surface area contributed by atoms with E-state index in [0.29, 0.717) is 12.5 Å². The molecular weight excluding hydrogens is 450 g/mol. The first kappa shape index (κ1) is 25.9. The summed E-state index contributed by atoms with van der Waals surface area (Å²) in [6.45, 7) is 0. The number of aromatic nitrogens is 1. The van der Waals surface area contributed by atoms with E-state index in [1.54, 1.807) is 11.3 Å². The van der Waals surface area contributed by atoms with Crippen LogP contribution in [0.15, 0.2) is 36.4 Å². The van der Waals surface area contributed by atoms with Crippen LogP contribution < -0.4 is 14.8 Å². The maximum absolute atomic E-state index is 9.19. The van der Waals surface area contributed by atoms with Crippen molar-refractivity contribution in [1.29, 1.82) is 0 Å². The Balaban J connectivity index is 0.000000378. The van der Waals surface area contributed by atoms with E-state index >= 15 is 0 Å². The first-order valence-electron chi connectivity index (χ1n) is 8.40. The van der Waals surface area contributed by atoms with Gasteiger partial charge in [0.1, 0.15) is 14.1 Å². The molecule has 0 atom stereocenters. The van der Waals surface area contributed by atoms with Gasteiger partial charge >= 0.3 is 0 Å². The Hall–Kier alpha value is -2.12. The Morgan fingerprint density at radius 1 is 1.03 bits per heavy atom. The number of benzene rings is 2. The predicted octanol–water partition coefficient (Wildman–Crippen LogP) is 1.16. The number of nitrogens with zero attached hydrogens (tertiary/aromatic N) is 3. The second-order valence-electron chi connectivity index (χ2n) is 6.74. The van der Waals surface area contributed by atoms with E-state index in [0.717, 1.165) is 11.2 Å². The summed E-state index contributed by atoms with van der Waals surface area (Å²) in [6, 6.07) is 12.8. The van der Waals surface area contributed by atoms with Crippen LogP contribution in [0, 0.1) is 0 Å². The van der Waals surface area contributed by atoms with Crippen molar-refractivity contribution in [2.24, 2.45) is 0 Å². The molecule has 0 aromatic heterocycles. The molecule has 1 aliphatic heterocycles. The molecule has 1 heterocycles. The fraction of sp³-hybridized carbons (Fsp3) is 0.333. The van der Waals surface area contributed by atoms with Crippen LogP contribution in [-0.4, -0.2) is 71.6 Å². The normalized spacial score (nSPS) is 11.2. The van der Waals surface area contributed by atoms with Crippen LogP contribution in [0.25, 0.3) is 20.8 Å². The van der Waals surface area contributed by atoms with Gasteiger partial charge in [0, 0.05) is 38.2 Å². The minimum Gasteiger partial charge on any atom is -0.748 e. The highest BCUT2D eigenvalue weighted by molar-refractivity contribution is 7.85. The van der Waals surface area contributed by atoms with Crippen molar-refractivity contribution in [1.82, 2.24) is 9.56 Å². The predicted molar refractivity (Wildman–Crippen MR) is 121 cm³/mol. The molecule has 3 rings (SSSR count). The molecule has 30 heavy (non-hydrogen) atoms. The lowest BCUT2D eigenvalue weighted by atomic mass is 10.2. The molecule has 0 bridgehead atoms. The third-order valence-corrected chi connectivity index (χ3v) is 4.47. The lowest BCUT2D eigenvalue weighted by Gasteiger charge is -2.13. The molecule has 1 aliphatic carbocycles. The van der Waals surface area contributed by atoms with E-state index in [9.17, 15) is 8.42 Å². The van der Waals surface area contributed by atoms with Crippen molar-refractivity contribution in [3.8, 4) is 10.6 Å². The van der Waals surface area contributed by atoms with Gasteiger partial charge in [0.25, 0.3) is 10.1 Å². The molecule has 0 spiro atoms. The van der Waals surface area contributed by atoms with Crippen LogP contribution in [-0.2, 0) is 20.2 Å². The van der Waals surface area contributed by atoms with Crippen LogP contribution in [0.1, 0.15) is 0 Å². The molecule has 0 radical (unpaired) electrons. The van der Waals surface area contributed by atoms with Gasteiger partial charge in [-0.05, 0) is 24.3 Å². The minimum absolute atomic E-state index is 0.604. The van der Waals surface area contributed by atoms with Gasteiger partial charge in [-0.25, -0.2) is 18.0 Å². The average molecular weight is 476 g/mol. The summed E-state index contributed by atoms with van der Waals surface area (Å²) in [6.07, 6.45) is 1.32. The highest BCUT2D eigenvalue weighted by atomic mass is 32.2. The van der Waals surface area contributed by atoms with Gasteiger partial charge < -0.3 is 9.45 Å². The lowest BCUT2D eigenvalue weighted by molar-refractivity contribution is 0.470. The Labute approximate surface area is 180 Å². The van der Waals surface area contributed by atoms with Crippen LogP contribution in [0.2, 0.25) is 0 Å². The van der Waals surface area contributed by atoms with Gasteiger partial charge in [0.15, 0.2) is 0 Å². The van der Waals surface area contributed by atoms with Crippen LogP contribution in [0.3, 0.4) is 0 Å². The maximum atomic E-state index is 9.19. The Morgan fingerprint density at radius 3 is 2.03 bits per heavy atom. The van der Waals surface area contributed by atoms with Crippen molar-refractivity contribution < 1.29 is 25.9 Å². The van der Waals surface area contributed by atoms with E-state index in [1.807, 2.05) is 0 Å². The zero-order valence-corrected chi connectivity index (χ0v) is 20.0. The van der Waals surface area contributed by atoms with Crippen molar-refractivity contribution in [3.63, 3.8) is 0 Å². The molecule has 0 fully saturated rings. The third-order valence-electron chi connectivity index (χ3n) is 3.38. The molecule has 12 heteroatoms. The first-order valence-corrected chi connectivity index (χ1v) is 12.9. The molecule has 0 saturated carbocycles. The molecule has 0 saturated heterocycles. The summed E-state index contributed by atoms with van der Waals surface area (Å²) in [4.78, 5) is 8.09. The molecule has 166 valence electrons. The Kier molecular flexibility index (Phi) is 8.87. The minimum atomic E-state index is -3.92. The topological polar surface area (TPSA) is 131 Å². The first-order chi connectivity index (χ1) is 13.5. The SMILES string of the molecule is CN(C)c1ccc2nc3ccc(=[N+](C)C)cc-3sc2c1.CS(=O)(=O)O.CS(=O)(=O)[O-]. The zero-order valence-electron chi connectivity index (χ0n) is 17.5. The van der Waals surface area contributed by atoms with Gasteiger partial charge in [0.05, 0.1) is 37.2 Å². The fourth-order valence-corrected chi connectivity index (χ4v) is 3.19. The summed E-state index contributed by atoms with van der Waals surface area (Å²) < 4.78 is 56.4. The number of anilines is 1. The quantitative estimate of drug-likeness (QED) is 0.315. The molecule has 1 aromatic rings. The van der Waals surface area contributed by atoms with Crippen molar-refractivity contribution in [2.45, 2.75) is 0 Å². The third kappa shape index (κ3) is 10.1. The molecule has 2 aliphatic rings. The van der Waals surface area contributed by atoms with Crippen molar-refractivity contribution in [2.75, 3.05) is 45.6 Å². The molecule has 0 unspecified atom stereocenters.